The molecule has 0 atom stereocenters. The van der Waals surface area contributed by atoms with Crippen molar-refractivity contribution in [3.63, 3.8) is 0 Å². The van der Waals surface area contributed by atoms with Crippen molar-refractivity contribution in [2.75, 3.05) is 5.73 Å². The summed E-state index contributed by atoms with van der Waals surface area (Å²) in [5.74, 6) is 0.835. The van der Waals surface area contributed by atoms with Crippen LogP contribution in [0.4, 0.5) is 5.00 Å². The van der Waals surface area contributed by atoms with Gasteiger partial charge in [0, 0.05) is 34.1 Å². The summed E-state index contributed by atoms with van der Waals surface area (Å²) < 4.78 is 0. The molecule has 3 aliphatic rings. The van der Waals surface area contributed by atoms with Gasteiger partial charge in [0.25, 0.3) is 0 Å². The standard InChI is InChI=1S/C33H45ClN2OS/c34-26-21-19-25(20-22-26)32(37)31-29(30(38-33(31)35)18-10-13-24-11-4-1-5-12-24)23-36(27-14-6-2-7-15-27)28-16-8-3-9-17-28/h10,18-22,24,27-28H,1-9,11-17,23,35H2/b18-10+. The van der Waals surface area contributed by atoms with Crippen molar-refractivity contribution in [3.05, 3.63) is 56.9 Å². The van der Waals surface area contributed by atoms with E-state index in [1.807, 2.05) is 12.1 Å². The number of benzene rings is 1. The minimum atomic E-state index is 0.0320. The lowest BCUT2D eigenvalue weighted by molar-refractivity contribution is 0.0726. The SMILES string of the molecule is Nc1sc(/C=C/CC2CCCCC2)c(CN(C2CCCCC2)C2CCCCC2)c1C(=O)c1ccc(Cl)cc1. The van der Waals surface area contributed by atoms with Gasteiger partial charge in [-0.2, -0.15) is 0 Å². The van der Waals surface area contributed by atoms with E-state index < -0.39 is 0 Å². The van der Waals surface area contributed by atoms with E-state index in [1.54, 1.807) is 23.5 Å². The van der Waals surface area contributed by atoms with Crippen molar-refractivity contribution in [1.82, 2.24) is 4.90 Å². The molecule has 0 saturated heterocycles. The molecule has 0 bridgehead atoms. The number of hydrogen-bond donors (Lipinski definition) is 1. The Morgan fingerprint density at radius 1 is 0.868 bits per heavy atom. The van der Waals surface area contributed by atoms with Crippen LogP contribution < -0.4 is 5.73 Å². The summed E-state index contributed by atoms with van der Waals surface area (Å²) >= 11 is 7.75. The van der Waals surface area contributed by atoms with E-state index in [0.717, 1.165) is 30.0 Å². The largest absolute Gasteiger partial charge is 0.390 e. The van der Waals surface area contributed by atoms with Gasteiger partial charge in [0.1, 0.15) is 0 Å². The molecule has 0 amide bonds. The molecular formula is C33H45ClN2OS. The fraction of sp³-hybridized carbons (Fsp3) is 0.606. The number of halogens is 1. The highest BCUT2D eigenvalue weighted by atomic mass is 35.5. The number of carbonyl (C=O) groups is 1. The number of anilines is 1. The first-order valence-corrected chi connectivity index (χ1v) is 16.4. The van der Waals surface area contributed by atoms with Crippen LogP contribution in [0.2, 0.25) is 5.02 Å². The monoisotopic (exact) mass is 552 g/mol. The Balaban J connectivity index is 1.48. The number of hydrogen-bond acceptors (Lipinski definition) is 4. The summed E-state index contributed by atoms with van der Waals surface area (Å²) in [4.78, 5) is 17.9. The maximum absolute atomic E-state index is 13.9. The number of nitrogen functional groups attached to an aromatic ring is 1. The fourth-order valence-electron chi connectivity index (χ4n) is 7.14. The Bertz CT molecular complexity index is 1060. The van der Waals surface area contributed by atoms with Gasteiger partial charge in [-0.1, -0.05) is 88.3 Å². The molecule has 1 aromatic carbocycles. The lowest BCUT2D eigenvalue weighted by atomic mass is 9.87. The second kappa shape index (κ2) is 13.6. The third-order valence-corrected chi connectivity index (χ3v) is 10.6. The maximum atomic E-state index is 13.9. The Morgan fingerprint density at radius 2 is 1.42 bits per heavy atom. The smallest absolute Gasteiger partial charge is 0.196 e. The van der Waals surface area contributed by atoms with Crippen molar-refractivity contribution < 1.29 is 4.79 Å². The molecule has 3 aliphatic carbocycles. The van der Waals surface area contributed by atoms with Gasteiger partial charge in [0.15, 0.2) is 5.78 Å². The van der Waals surface area contributed by atoms with Crippen molar-refractivity contribution >= 4 is 39.8 Å². The first-order chi connectivity index (χ1) is 18.6. The first kappa shape index (κ1) is 27.9. The van der Waals surface area contributed by atoms with Crippen LogP contribution in [0.1, 0.15) is 129 Å². The molecule has 2 N–H and O–H groups in total. The molecule has 38 heavy (non-hydrogen) atoms. The van der Waals surface area contributed by atoms with Gasteiger partial charge in [-0.3, -0.25) is 9.69 Å². The Morgan fingerprint density at radius 3 is 2.00 bits per heavy atom. The van der Waals surface area contributed by atoms with Crippen LogP contribution in [-0.2, 0) is 6.54 Å². The molecule has 0 unspecified atom stereocenters. The van der Waals surface area contributed by atoms with Crippen LogP contribution in [-0.4, -0.2) is 22.8 Å². The molecule has 206 valence electrons. The quantitative estimate of drug-likeness (QED) is 0.315. The summed E-state index contributed by atoms with van der Waals surface area (Å²) in [6, 6.07) is 8.52. The molecule has 0 radical (unpaired) electrons. The van der Waals surface area contributed by atoms with E-state index in [-0.39, 0.29) is 5.78 Å². The van der Waals surface area contributed by atoms with Crippen molar-refractivity contribution in [3.8, 4) is 0 Å². The number of rotatable bonds is 9. The van der Waals surface area contributed by atoms with Crippen molar-refractivity contribution in [2.24, 2.45) is 5.92 Å². The zero-order chi connectivity index (χ0) is 26.3. The van der Waals surface area contributed by atoms with Gasteiger partial charge >= 0.3 is 0 Å². The van der Waals surface area contributed by atoms with E-state index in [0.29, 0.717) is 27.7 Å². The zero-order valence-corrected chi connectivity index (χ0v) is 24.5. The third kappa shape index (κ3) is 6.92. The lowest BCUT2D eigenvalue weighted by Gasteiger charge is -2.42. The van der Waals surface area contributed by atoms with Gasteiger partial charge in [-0.25, -0.2) is 0 Å². The minimum absolute atomic E-state index is 0.0320. The topological polar surface area (TPSA) is 46.3 Å². The van der Waals surface area contributed by atoms with Crippen molar-refractivity contribution in [1.29, 1.82) is 0 Å². The highest BCUT2D eigenvalue weighted by Gasteiger charge is 2.32. The van der Waals surface area contributed by atoms with Crippen molar-refractivity contribution in [2.45, 2.75) is 121 Å². The molecule has 3 saturated carbocycles. The van der Waals surface area contributed by atoms with Crippen LogP contribution in [0.5, 0.6) is 0 Å². The minimum Gasteiger partial charge on any atom is -0.390 e. The summed E-state index contributed by atoms with van der Waals surface area (Å²) in [6.07, 6.45) is 25.8. The number of nitrogens with zero attached hydrogens (tertiary/aromatic N) is 1. The number of ketones is 1. The maximum Gasteiger partial charge on any atom is 0.196 e. The average molecular weight is 553 g/mol. The summed E-state index contributed by atoms with van der Waals surface area (Å²) in [7, 11) is 0. The molecule has 2 aromatic rings. The molecule has 0 spiro atoms. The second-order valence-corrected chi connectivity index (χ2v) is 13.4. The Hall–Kier alpha value is -1.62. The Kier molecular flexibility index (Phi) is 10.0. The lowest BCUT2D eigenvalue weighted by Crippen LogP contribution is -2.44. The van der Waals surface area contributed by atoms with E-state index in [2.05, 4.69) is 17.1 Å². The van der Waals surface area contributed by atoms with E-state index >= 15 is 0 Å². The molecule has 3 nitrogen and oxygen atoms in total. The highest BCUT2D eigenvalue weighted by molar-refractivity contribution is 7.17. The van der Waals surface area contributed by atoms with E-state index in [4.69, 9.17) is 17.3 Å². The predicted molar refractivity (Wildman–Crippen MR) is 163 cm³/mol. The predicted octanol–water partition coefficient (Wildman–Crippen LogP) is 9.67. The number of allylic oxidation sites excluding steroid dienone is 1. The van der Waals surface area contributed by atoms with E-state index in [9.17, 15) is 4.79 Å². The zero-order valence-electron chi connectivity index (χ0n) is 22.9. The van der Waals surface area contributed by atoms with Crippen LogP contribution in [0.3, 0.4) is 0 Å². The van der Waals surface area contributed by atoms with E-state index in [1.165, 1.54) is 101 Å². The van der Waals surface area contributed by atoms with Crippen LogP contribution >= 0.6 is 22.9 Å². The normalized spacial score (nSPS) is 20.5. The summed E-state index contributed by atoms with van der Waals surface area (Å²) in [6.45, 7) is 0.834. The van der Waals surface area contributed by atoms with Crippen LogP contribution in [0.25, 0.3) is 6.08 Å². The second-order valence-electron chi connectivity index (χ2n) is 11.9. The number of nitrogens with two attached hydrogens (primary N) is 1. The number of thiophene rings is 1. The average Bonchev–Trinajstić information content (AvgIpc) is 3.27. The molecule has 1 heterocycles. The van der Waals surface area contributed by atoms with Gasteiger partial charge < -0.3 is 5.73 Å². The molecule has 3 fully saturated rings. The highest BCUT2D eigenvalue weighted by Crippen LogP contribution is 2.39. The molecule has 1 aromatic heterocycles. The number of carbonyl (C=O) groups excluding carboxylic acids is 1. The molecule has 5 rings (SSSR count). The molecule has 0 aliphatic heterocycles. The first-order valence-electron chi connectivity index (χ1n) is 15.2. The molecule has 5 heteroatoms. The molecular weight excluding hydrogens is 508 g/mol. The van der Waals surface area contributed by atoms with Crippen LogP contribution in [0, 0.1) is 5.92 Å². The van der Waals surface area contributed by atoms with Gasteiger partial charge in [-0.15, -0.1) is 11.3 Å². The summed E-state index contributed by atoms with van der Waals surface area (Å²) in [5.41, 5.74) is 9.23. The fourth-order valence-corrected chi connectivity index (χ4v) is 8.28. The van der Waals surface area contributed by atoms with Crippen LogP contribution in [0.15, 0.2) is 30.3 Å². The van der Waals surface area contributed by atoms with Gasteiger partial charge in [-0.05, 0) is 73.9 Å². The third-order valence-electron chi connectivity index (χ3n) is 9.29. The Labute approximate surface area is 238 Å². The summed E-state index contributed by atoms with van der Waals surface area (Å²) in [5, 5.41) is 1.30. The van der Waals surface area contributed by atoms with Gasteiger partial charge in [0.05, 0.1) is 10.6 Å². The van der Waals surface area contributed by atoms with Gasteiger partial charge in [0.2, 0.25) is 0 Å².